The van der Waals surface area contributed by atoms with Gasteiger partial charge in [-0.2, -0.15) is 0 Å². The summed E-state index contributed by atoms with van der Waals surface area (Å²) in [6.07, 6.45) is 3.24. The van der Waals surface area contributed by atoms with E-state index in [-0.39, 0.29) is 11.8 Å². The highest BCUT2D eigenvalue weighted by Gasteiger charge is 2.23. The van der Waals surface area contributed by atoms with E-state index in [1.807, 2.05) is 9.80 Å². The molecule has 0 atom stereocenters. The minimum absolute atomic E-state index is 0.0452. The van der Waals surface area contributed by atoms with Gasteiger partial charge in [0.25, 0.3) is 5.91 Å². The average molecular weight is 346 g/mol. The molecule has 2 fully saturated rings. The van der Waals surface area contributed by atoms with Gasteiger partial charge in [-0.05, 0) is 6.54 Å². The Morgan fingerprint density at radius 2 is 1.56 bits per heavy atom. The van der Waals surface area contributed by atoms with Crippen molar-refractivity contribution >= 4 is 17.6 Å². The van der Waals surface area contributed by atoms with Gasteiger partial charge in [-0.15, -0.1) is 0 Å². The summed E-state index contributed by atoms with van der Waals surface area (Å²) in [6.45, 7) is 10.9. The number of hydrogen-bond donors (Lipinski definition) is 0. The number of aromatic nitrogens is 2. The lowest BCUT2D eigenvalue weighted by atomic mass is 10.2. The molecule has 25 heavy (non-hydrogen) atoms. The van der Waals surface area contributed by atoms with Crippen LogP contribution >= 0.6 is 0 Å². The van der Waals surface area contributed by atoms with Crippen LogP contribution in [0.4, 0.5) is 5.82 Å². The van der Waals surface area contributed by atoms with Crippen molar-refractivity contribution in [3.63, 3.8) is 0 Å². The minimum Gasteiger partial charge on any atom is -0.352 e. The number of carbonyl (C=O) groups is 2. The van der Waals surface area contributed by atoms with Gasteiger partial charge in [-0.3, -0.25) is 9.59 Å². The second kappa shape index (κ2) is 7.77. The molecule has 0 saturated carbocycles. The lowest BCUT2D eigenvalue weighted by molar-refractivity contribution is -0.129. The van der Waals surface area contributed by atoms with E-state index in [9.17, 15) is 9.59 Å². The molecule has 0 N–H and O–H groups in total. The maximum atomic E-state index is 12.5. The van der Waals surface area contributed by atoms with E-state index < -0.39 is 0 Å². The summed E-state index contributed by atoms with van der Waals surface area (Å²) in [7, 11) is 0. The maximum Gasteiger partial charge on any atom is 0.274 e. The van der Waals surface area contributed by atoms with E-state index in [0.29, 0.717) is 18.8 Å². The third-order valence-electron chi connectivity index (χ3n) is 5.01. The first-order chi connectivity index (χ1) is 12.1. The lowest BCUT2D eigenvalue weighted by Crippen LogP contribution is -2.49. The normalized spacial score (nSPS) is 19.2. The van der Waals surface area contributed by atoms with E-state index >= 15 is 0 Å². The van der Waals surface area contributed by atoms with Gasteiger partial charge >= 0.3 is 0 Å². The van der Waals surface area contributed by atoms with Crippen molar-refractivity contribution < 1.29 is 9.59 Å². The molecule has 136 valence electrons. The summed E-state index contributed by atoms with van der Waals surface area (Å²) in [6, 6.07) is 0. The van der Waals surface area contributed by atoms with Crippen molar-refractivity contribution in [2.24, 2.45) is 0 Å². The van der Waals surface area contributed by atoms with Crippen LogP contribution < -0.4 is 4.90 Å². The molecule has 2 aliphatic heterocycles. The van der Waals surface area contributed by atoms with Crippen LogP contribution in [0, 0.1) is 0 Å². The zero-order chi connectivity index (χ0) is 17.8. The molecule has 1 aromatic rings. The van der Waals surface area contributed by atoms with E-state index in [1.54, 1.807) is 19.3 Å². The van der Waals surface area contributed by atoms with Crippen LogP contribution in [0.25, 0.3) is 0 Å². The molecule has 0 unspecified atom stereocenters. The predicted molar refractivity (Wildman–Crippen MR) is 94.5 cm³/mol. The minimum atomic E-state index is -0.0452. The molecule has 0 radical (unpaired) electrons. The Morgan fingerprint density at radius 3 is 2.08 bits per heavy atom. The largest absolute Gasteiger partial charge is 0.352 e. The van der Waals surface area contributed by atoms with Crippen molar-refractivity contribution in [2.45, 2.75) is 13.8 Å². The quantitative estimate of drug-likeness (QED) is 0.762. The number of rotatable bonds is 3. The van der Waals surface area contributed by atoms with Gasteiger partial charge in [0.2, 0.25) is 5.91 Å². The zero-order valence-corrected chi connectivity index (χ0v) is 15.0. The van der Waals surface area contributed by atoms with Crippen LogP contribution in [0.15, 0.2) is 12.4 Å². The maximum absolute atomic E-state index is 12.5. The highest BCUT2D eigenvalue weighted by atomic mass is 16.2. The van der Waals surface area contributed by atoms with Gasteiger partial charge in [0.1, 0.15) is 11.5 Å². The van der Waals surface area contributed by atoms with E-state index in [2.05, 4.69) is 26.7 Å². The molecule has 3 rings (SSSR count). The summed E-state index contributed by atoms with van der Waals surface area (Å²) in [4.78, 5) is 40.8. The standard InChI is InChI=1S/C17H26N6O2/c1-3-20-4-6-23(7-5-20)17(25)15-12-19-16(13-18-15)22-10-8-21(9-11-22)14(2)24/h12-13H,3-11H2,1-2H3. The number of carbonyl (C=O) groups excluding carboxylic acids is 2. The number of likely N-dealkylation sites (N-methyl/N-ethyl adjacent to an activating group) is 1. The van der Waals surface area contributed by atoms with Crippen molar-refractivity contribution in [3.8, 4) is 0 Å². The Bertz CT molecular complexity index is 604. The van der Waals surface area contributed by atoms with Crippen LogP contribution in [0.1, 0.15) is 24.3 Å². The number of hydrogen-bond acceptors (Lipinski definition) is 6. The first kappa shape index (κ1) is 17.6. The number of piperazine rings is 2. The molecule has 3 heterocycles. The molecule has 2 amide bonds. The van der Waals surface area contributed by atoms with Crippen molar-refractivity contribution in [3.05, 3.63) is 18.1 Å². The second-order valence-electron chi connectivity index (χ2n) is 6.48. The zero-order valence-electron chi connectivity index (χ0n) is 15.0. The van der Waals surface area contributed by atoms with Crippen LogP contribution in [0.2, 0.25) is 0 Å². The van der Waals surface area contributed by atoms with Gasteiger partial charge in [-0.25, -0.2) is 9.97 Å². The first-order valence-electron chi connectivity index (χ1n) is 8.92. The van der Waals surface area contributed by atoms with Gasteiger partial charge in [0, 0.05) is 59.3 Å². The monoisotopic (exact) mass is 346 g/mol. The van der Waals surface area contributed by atoms with Crippen LogP contribution in [0.5, 0.6) is 0 Å². The molecule has 0 aliphatic carbocycles. The van der Waals surface area contributed by atoms with Gasteiger partial charge in [0.05, 0.1) is 12.4 Å². The fraction of sp³-hybridized carbons (Fsp3) is 0.647. The van der Waals surface area contributed by atoms with Crippen LogP contribution in [0.3, 0.4) is 0 Å². The van der Waals surface area contributed by atoms with Crippen LogP contribution in [-0.4, -0.2) is 95.4 Å². The van der Waals surface area contributed by atoms with E-state index in [4.69, 9.17) is 0 Å². The topological polar surface area (TPSA) is 72.9 Å². The van der Waals surface area contributed by atoms with Crippen molar-refractivity contribution in [1.82, 2.24) is 24.7 Å². The predicted octanol–water partition coefficient (Wildman–Crippen LogP) is -0.0772. The van der Waals surface area contributed by atoms with Gasteiger partial charge in [0.15, 0.2) is 0 Å². The molecular formula is C17H26N6O2. The Labute approximate surface area is 148 Å². The SMILES string of the molecule is CCN1CCN(C(=O)c2cnc(N3CCN(C(C)=O)CC3)cn2)CC1. The third kappa shape index (κ3) is 4.07. The van der Waals surface area contributed by atoms with Crippen molar-refractivity contribution in [2.75, 3.05) is 63.8 Å². The summed E-state index contributed by atoms with van der Waals surface area (Å²) in [5.74, 6) is 0.821. The Kier molecular flexibility index (Phi) is 5.47. The third-order valence-corrected chi connectivity index (χ3v) is 5.01. The molecule has 2 aliphatic rings. The number of anilines is 1. The fourth-order valence-corrected chi connectivity index (χ4v) is 3.27. The highest BCUT2D eigenvalue weighted by molar-refractivity contribution is 5.92. The molecule has 0 bridgehead atoms. The molecule has 8 nitrogen and oxygen atoms in total. The number of amides is 2. The smallest absolute Gasteiger partial charge is 0.274 e. The van der Waals surface area contributed by atoms with Gasteiger partial charge < -0.3 is 19.6 Å². The second-order valence-corrected chi connectivity index (χ2v) is 6.48. The van der Waals surface area contributed by atoms with E-state index in [1.165, 1.54) is 0 Å². The Balaban J connectivity index is 1.57. The molecule has 0 spiro atoms. The molecule has 1 aromatic heterocycles. The molecular weight excluding hydrogens is 320 g/mol. The Morgan fingerprint density at radius 1 is 0.920 bits per heavy atom. The van der Waals surface area contributed by atoms with E-state index in [0.717, 1.165) is 51.6 Å². The lowest BCUT2D eigenvalue weighted by Gasteiger charge is -2.35. The number of nitrogens with zero attached hydrogens (tertiary/aromatic N) is 6. The van der Waals surface area contributed by atoms with Crippen LogP contribution in [-0.2, 0) is 4.79 Å². The average Bonchev–Trinajstić information content (AvgIpc) is 2.67. The van der Waals surface area contributed by atoms with Gasteiger partial charge in [-0.1, -0.05) is 6.92 Å². The first-order valence-corrected chi connectivity index (χ1v) is 8.92. The Hall–Kier alpha value is -2.22. The molecule has 0 aromatic carbocycles. The molecule has 8 heteroatoms. The summed E-state index contributed by atoms with van der Waals surface area (Å²) in [5.41, 5.74) is 0.399. The van der Waals surface area contributed by atoms with Crippen molar-refractivity contribution in [1.29, 1.82) is 0 Å². The summed E-state index contributed by atoms with van der Waals surface area (Å²) in [5, 5.41) is 0. The molecule has 2 saturated heterocycles. The highest BCUT2D eigenvalue weighted by Crippen LogP contribution is 2.14. The summed E-state index contributed by atoms with van der Waals surface area (Å²) < 4.78 is 0. The fourth-order valence-electron chi connectivity index (χ4n) is 3.27. The summed E-state index contributed by atoms with van der Waals surface area (Å²) >= 11 is 0.